The van der Waals surface area contributed by atoms with E-state index in [1.54, 1.807) is 6.07 Å². The number of rotatable bonds is 5. The van der Waals surface area contributed by atoms with E-state index in [4.69, 9.17) is 4.74 Å². The van der Waals surface area contributed by atoms with Crippen LogP contribution < -0.4 is 10.1 Å². The van der Waals surface area contributed by atoms with Crippen LogP contribution in [-0.4, -0.2) is 28.9 Å². The number of ether oxygens (including phenoxy) is 1. The first kappa shape index (κ1) is 19.0. The lowest BCUT2D eigenvalue weighted by atomic mass is 10.1. The molecule has 27 heavy (non-hydrogen) atoms. The summed E-state index contributed by atoms with van der Waals surface area (Å²) in [7, 11) is 0. The van der Waals surface area contributed by atoms with E-state index >= 15 is 0 Å². The summed E-state index contributed by atoms with van der Waals surface area (Å²) in [6.07, 6.45) is -4.48. The minimum Gasteiger partial charge on any atom is -0.482 e. The number of anilines is 1. The van der Waals surface area contributed by atoms with Gasteiger partial charge in [0, 0.05) is 5.56 Å². The monoisotopic (exact) mass is 439 g/mol. The molecule has 1 heterocycles. The van der Waals surface area contributed by atoms with Crippen molar-refractivity contribution in [3.63, 3.8) is 0 Å². The molecule has 0 bridgehead atoms. The fourth-order valence-electron chi connectivity index (χ4n) is 2.31. The number of carbonyl (C=O) groups excluding carboxylic acids is 1. The van der Waals surface area contributed by atoms with Crippen LogP contribution in [0.5, 0.6) is 5.75 Å². The molecule has 0 spiro atoms. The molecule has 0 aliphatic rings. The van der Waals surface area contributed by atoms with Crippen LogP contribution in [0.2, 0.25) is 0 Å². The fourth-order valence-corrected chi connectivity index (χ4v) is 2.89. The van der Waals surface area contributed by atoms with Crippen molar-refractivity contribution >= 4 is 27.5 Å². The van der Waals surface area contributed by atoms with Gasteiger partial charge in [0.05, 0.1) is 10.2 Å². The quantitative estimate of drug-likeness (QED) is 0.585. The van der Waals surface area contributed by atoms with Gasteiger partial charge in [-0.2, -0.15) is 18.3 Å². The predicted molar refractivity (Wildman–Crippen MR) is 97.7 cm³/mol. The summed E-state index contributed by atoms with van der Waals surface area (Å²) >= 11 is 3.34. The average Bonchev–Trinajstić information content (AvgIpc) is 3.02. The average molecular weight is 440 g/mol. The van der Waals surface area contributed by atoms with Crippen molar-refractivity contribution in [1.82, 2.24) is 10.2 Å². The largest absolute Gasteiger partial charge is 0.482 e. The summed E-state index contributed by atoms with van der Waals surface area (Å²) in [5, 5.41) is 9.30. The second-order valence-corrected chi connectivity index (χ2v) is 6.27. The summed E-state index contributed by atoms with van der Waals surface area (Å²) < 4.78 is 42.4. The topological polar surface area (TPSA) is 67.0 Å². The van der Waals surface area contributed by atoms with Gasteiger partial charge in [-0.05, 0) is 28.1 Å². The number of para-hydroxylation sites is 2. The summed E-state index contributed by atoms with van der Waals surface area (Å²) in [5.74, 6) is -0.651. The third-order valence-corrected chi connectivity index (χ3v) is 4.28. The van der Waals surface area contributed by atoms with Crippen molar-refractivity contribution in [2.45, 2.75) is 6.18 Å². The molecule has 0 saturated carbocycles. The Morgan fingerprint density at radius 3 is 2.48 bits per heavy atom. The number of amides is 1. The zero-order valence-electron chi connectivity index (χ0n) is 13.7. The number of carbonyl (C=O) groups is 1. The highest BCUT2D eigenvalue weighted by molar-refractivity contribution is 9.10. The van der Waals surface area contributed by atoms with Crippen LogP contribution in [0.3, 0.4) is 0 Å². The number of halogens is 4. The summed E-state index contributed by atoms with van der Waals surface area (Å²) in [6, 6.07) is 15.1. The van der Waals surface area contributed by atoms with Crippen LogP contribution in [0.15, 0.2) is 59.1 Å². The highest BCUT2D eigenvalue weighted by Crippen LogP contribution is 2.31. The van der Waals surface area contributed by atoms with Crippen molar-refractivity contribution in [3.05, 3.63) is 64.8 Å². The first-order chi connectivity index (χ1) is 12.8. The van der Waals surface area contributed by atoms with Gasteiger partial charge in [-0.25, -0.2) is 0 Å². The Labute approximate surface area is 160 Å². The molecule has 9 heteroatoms. The molecule has 1 amide bonds. The number of hydrogen-bond donors (Lipinski definition) is 2. The van der Waals surface area contributed by atoms with E-state index in [1.807, 2.05) is 30.3 Å². The molecule has 0 aliphatic heterocycles. The number of hydrogen-bond acceptors (Lipinski definition) is 3. The Morgan fingerprint density at radius 2 is 1.78 bits per heavy atom. The normalized spacial score (nSPS) is 11.3. The number of H-pyrrole nitrogens is 1. The lowest BCUT2D eigenvalue weighted by Crippen LogP contribution is -2.20. The van der Waals surface area contributed by atoms with Gasteiger partial charge in [-0.15, -0.1) is 0 Å². The maximum Gasteiger partial charge on any atom is 0.422 e. The van der Waals surface area contributed by atoms with E-state index in [0.29, 0.717) is 10.2 Å². The molecule has 0 fully saturated rings. The van der Waals surface area contributed by atoms with Gasteiger partial charge < -0.3 is 10.1 Å². The molecule has 1 aromatic heterocycles. The van der Waals surface area contributed by atoms with E-state index in [1.165, 1.54) is 18.2 Å². The first-order valence-electron chi connectivity index (χ1n) is 7.74. The van der Waals surface area contributed by atoms with Crippen molar-refractivity contribution in [2.24, 2.45) is 0 Å². The third kappa shape index (κ3) is 4.68. The van der Waals surface area contributed by atoms with E-state index in [0.717, 1.165) is 5.56 Å². The number of nitrogens with one attached hydrogen (secondary N) is 2. The van der Waals surface area contributed by atoms with Gasteiger partial charge in [0.2, 0.25) is 0 Å². The van der Waals surface area contributed by atoms with Crippen molar-refractivity contribution < 1.29 is 22.7 Å². The molecule has 2 aromatic carbocycles. The Balaban J connectivity index is 1.80. The molecule has 0 unspecified atom stereocenters. The van der Waals surface area contributed by atoms with Gasteiger partial charge >= 0.3 is 6.18 Å². The minimum atomic E-state index is -4.48. The van der Waals surface area contributed by atoms with Crippen LogP contribution in [0.1, 0.15) is 10.5 Å². The molecule has 0 radical (unpaired) electrons. The Kier molecular flexibility index (Phi) is 5.50. The molecule has 3 rings (SSSR count). The standard InChI is InChI=1S/C18H13BrF3N3O2/c19-14-15(11-6-2-1-3-7-11)24-25-16(14)17(26)23-12-8-4-5-9-13(12)27-10-18(20,21)22/h1-9H,10H2,(H,23,26)(H,24,25). The Hall–Kier alpha value is -2.81. The number of alkyl halides is 3. The van der Waals surface area contributed by atoms with Crippen molar-refractivity contribution in [1.29, 1.82) is 0 Å². The van der Waals surface area contributed by atoms with Crippen LogP contribution in [-0.2, 0) is 0 Å². The van der Waals surface area contributed by atoms with Crippen LogP contribution in [0, 0.1) is 0 Å². The summed E-state index contributed by atoms with van der Waals surface area (Å²) in [5.41, 5.74) is 1.60. The van der Waals surface area contributed by atoms with Crippen LogP contribution in [0.25, 0.3) is 11.3 Å². The molecule has 0 atom stereocenters. The summed E-state index contributed by atoms with van der Waals surface area (Å²) in [4.78, 5) is 12.5. The highest BCUT2D eigenvalue weighted by Gasteiger charge is 2.29. The van der Waals surface area contributed by atoms with Gasteiger partial charge in [-0.3, -0.25) is 9.89 Å². The lowest BCUT2D eigenvalue weighted by Gasteiger charge is -2.13. The maximum atomic E-state index is 12.5. The predicted octanol–water partition coefficient (Wildman–Crippen LogP) is 5.03. The summed E-state index contributed by atoms with van der Waals surface area (Å²) in [6.45, 7) is -1.45. The second kappa shape index (κ2) is 7.83. The number of aromatic amines is 1. The highest BCUT2D eigenvalue weighted by atomic mass is 79.9. The SMILES string of the molecule is O=C(Nc1ccccc1OCC(F)(F)F)c1[nH]nc(-c2ccccc2)c1Br. The third-order valence-electron chi connectivity index (χ3n) is 3.51. The molecule has 0 aliphatic carbocycles. The second-order valence-electron chi connectivity index (χ2n) is 5.48. The number of nitrogens with zero attached hydrogens (tertiary/aromatic N) is 1. The number of benzene rings is 2. The van der Waals surface area contributed by atoms with Crippen molar-refractivity contribution in [3.8, 4) is 17.0 Å². The van der Waals surface area contributed by atoms with Crippen LogP contribution >= 0.6 is 15.9 Å². The van der Waals surface area contributed by atoms with E-state index in [9.17, 15) is 18.0 Å². The van der Waals surface area contributed by atoms with E-state index in [-0.39, 0.29) is 17.1 Å². The van der Waals surface area contributed by atoms with Crippen molar-refractivity contribution in [2.75, 3.05) is 11.9 Å². The lowest BCUT2D eigenvalue weighted by molar-refractivity contribution is -0.153. The fraction of sp³-hybridized carbons (Fsp3) is 0.111. The first-order valence-corrected chi connectivity index (χ1v) is 8.53. The molecule has 3 aromatic rings. The zero-order chi connectivity index (χ0) is 19.4. The van der Waals surface area contributed by atoms with E-state index < -0.39 is 18.7 Å². The van der Waals surface area contributed by atoms with Gasteiger partial charge in [0.25, 0.3) is 5.91 Å². The van der Waals surface area contributed by atoms with Gasteiger partial charge in [0.1, 0.15) is 17.1 Å². The molecule has 5 nitrogen and oxygen atoms in total. The van der Waals surface area contributed by atoms with E-state index in [2.05, 4.69) is 31.4 Å². The zero-order valence-corrected chi connectivity index (χ0v) is 15.3. The minimum absolute atomic E-state index is 0.0814. The molecular weight excluding hydrogens is 427 g/mol. The smallest absolute Gasteiger partial charge is 0.422 e. The molecule has 2 N–H and O–H groups in total. The molecule has 0 saturated heterocycles. The van der Waals surface area contributed by atoms with Gasteiger partial charge in [-0.1, -0.05) is 42.5 Å². The number of aromatic nitrogens is 2. The Morgan fingerprint density at radius 1 is 1.11 bits per heavy atom. The van der Waals surface area contributed by atoms with Gasteiger partial charge in [0.15, 0.2) is 6.61 Å². The Bertz CT molecular complexity index is 943. The maximum absolute atomic E-state index is 12.5. The molecule has 140 valence electrons. The van der Waals surface area contributed by atoms with Crippen LogP contribution in [0.4, 0.5) is 18.9 Å². The molecular formula is C18H13BrF3N3O2.